The Hall–Kier alpha value is -3.31. The molecule has 0 N–H and O–H groups in total. The van der Waals surface area contributed by atoms with Crippen molar-refractivity contribution < 1.29 is 9.53 Å². The van der Waals surface area contributed by atoms with Crippen molar-refractivity contribution in [3.8, 4) is 11.4 Å². The Kier molecular flexibility index (Phi) is 6.28. The number of hydrogen-bond acceptors (Lipinski definition) is 3. The van der Waals surface area contributed by atoms with E-state index in [1.54, 1.807) is 7.11 Å². The van der Waals surface area contributed by atoms with Gasteiger partial charge in [-0.05, 0) is 93.6 Å². The van der Waals surface area contributed by atoms with E-state index in [1.807, 2.05) is 61.2 Å². The second-order valence-electron chi connectivity index (χ2n) is 9.42. The molecule has 5 rings (SSSR count). The molecule has 0 bridgehead atoms. The number of amides is 1. The Labute approximate surface area is 211 Å². The van der Waals surface area contributed by atoms with Gasteiger partial charge in [0.1, 0.15) is 11.6 Å². The predicted octanol–water partition coefficient (Wildman–Crippen LogP) is 6.98. The van der Waals surface area contributed by atoms with Crippen molar-refractivity contribution >= 4 is 28.5 Å². The summed E-state index contributed by atoms with van der Waals surface area (Å²) in [6.07, 6.45) is 2.90. The van der Waals surface area contributed by atoms with E-state index < -0.39 is 0 Å². The lowest BCUT2D eigenvalue weighted by Crippen LogP contribution is -2.40. The number of imidazole rings is 1. The maximum absolute atomic E-state index is 14.0. The normalized spacial score (nSPS) is 16.0. The number of halogens is 1. The molecule has 1 atom stereocenters. The predicted molar refractivity (Wildman–Crippen MR) is 141 cm³/mol. The maximum Gasteiger partial charge on any atom is 0.255 e. The van der Waals surface area contributed by atoms with Crippen molar-refractivity contribution in [3.63, 3.8) is 0 Å². The van der Waals surface area contributed by atoms with Crippen LogP contribution in [-0.2, 0) is 0 Å². The van der Waals surface area contributed by atoms with Crippen molar-refractivity contribution in [2.75, 3.05) is 13.7 Å². The molecule has 0 radical (unpaired) electrons. The van der Waals surface area contributed by atoms with E-state index in [2.05, 4.69) is 23.6 Å². The van der Waals surface area contributed by atoms with Crippen LogP contribution in [0.1, 0.15) is 58.2 Å². The minimum atomic E-state index is -0.135. The summed E-state index contributed by atoms with van der Waals surface area (Å²) in [7, 11) is 1.66. The molecule has 35 heavy (non-hydrogen) atoms. The van der Waals surface area contributed by atoms with Gasteiger partial charge in [0, 0.05) is 22.8 Å². The fourth-order valence-corrected chi connectivity index (χ4v) is 5.56. The van der Waals surface area contributed by atoms with E-state index >= 15 is 0 Å². The third-order valence-electron chi connectivity index (χ3n) is 6.93. The monoisotopic (exact) mass is 487 g/mol. The van der Waals surface area contributed by atoms with Crippen LogP contribution < -0.4 is 4.74 Å². The highest BCUT2D eigenvalue weighted by molar-refractivity contribution is 6.31. The van der Waals surface area contributed by atoms with Crippen LogP contribution in [0, 0.1) is 20.8 Å². The van der Waals surface area contributed by atoms with Crippen LogP contribution in [0.2, 0.25) is 5.02 Å². The number of methoxy groups -OCH3 is 1. The average Bonchev–Trinajstić information content (AvgIpc) is 3.21. The van der Waals surface area contributed by atoms with Gasteiger partial charge in [0.15, 0.2) is 0 Å². The second-order valence-corrected chi connectivity index (χ2v) is 9.86. The molecule has 0 aliphatic carbocycles. The van der Waals surface area contributed by atoms with Crippen molar-refractivity contribution in [1.82, 2.24) is 14.5 Å². The molecular weight excluding hydrogens is 458 g/mol. The number of aromatic nitrogens is 2. The van der Waals surface area contributed by atoms with Crippen molar-refractivity contribution in [1.29, 1.82) is 0 Å². The zero-order valence-electron chi connectivity index (χ0n) is 20.6. The summed E-state index contributed by atoms with van der Waals surface area (Å²) in [5.41, 5.74) is 6.77. The van der Waals surface area contributed by atoms with Gasteiger partial charge in [-0.25, -0.2) is 4.98 Å². The number of rotatable bonds is 4. The Bertz CT molecular complexity index is 1380. The van der Waals surface area contributed by atoms with E-state index in [1.165, 1.54) is 5.56 Å². The summed E-state index contributed by atoms with van der Waals surface area (Å²) in [5.74, 6) is 1.73. The molecule has 1 amide bonds. The number of benzene rings is 3. The third kappa shape index (κ3) is 4.30. The third-order valence-corrected chi connectivity index (χ3v) is 7.16. The highest BCUT2D eigenvalue weighted by Crippen LogP contribution is 2.37. The Morgan fingerprint density at radius 1 is 1.00 bits per heavy atom. The average molecular weight is 488 g/mol. The molecule has 0 spiro atoms. The topological polar surface area (TPSA) is 47.4 Å². The van der Waals surface area contributed by atoms with E-state index in [9.17, 15) is 4.79 Å². The molecule has 4 aromatic rings. The lowest BCUT2D eigenvalue weighted by Gasteiger charge is -2.36. The Morgan fingerprint density at radius 3 is 2.40 bits per heavy atom. The van der Waals surface area contributed by atoms with Crippen molar-refractivity contribution in [2.45, 2.75) is 46.1 Å². The van der Waals surface area contributed by atoms with Crippen LogP contribution in [0.15, 0.2) is 54.6 Å². The molecular formula is C29H30ClN3O2. The summed E-state index contributed by atoms with van der Waals surface area (Å²) in [6, 6.07) is 17.7. The van der Waals surface area contributed by atoms with Gasteiger partial charge in [-0.15, -0.1) is 0 Å². The molecule has 0 saturated carbocycles. The molecule has 2 heterocycles. The first-order valence-corrected chi connectivity index (χ1v) is 12.5. The number of aryl methyl sites for hydroxylation is 3. The first kappa shape index (κ1) is 23.4. The molecule has 1 saturated heterocycles. The lowest BCUT2D eigenvalue weighted by molar-refractivity contribution is 0.0597. The summed E-state index contributed by atoms with van der Waals surface area (Å²) in [4.78, 5) is 21.1. The number of fused-ring (bicyclic) bond motifs is 1. The van der Waals surface area contributed by atoms with Gasteiger partial charge in [0.2, 0.25) is 0 Å². The summed E-state index contributed by atoms with van der Waals surface area (Å²) < 4.78 is 7.51. The van der Waals surface area contributed by atoms with Gasteiger partial charge in [0.25, 0.3) is 5.91 Å². The molecule has 3 aromatic carbocycles. The number of carbonyl (C=O) groups excluding carboxylic acids is 1. The molecule has 1 fully saturated rings. The smallest absolute Gasteiger partial charge is 0.255 e. The minimum Gasteiger partial charge on any atom is -0.497 e. The van der Waals surface area contributed by atoms with Gasteiger partial charge < -0.3 is 9.64 Å². The highest BCUT2D eigenvalue weighted by Gasteiger charge is 2.34. The molecule has 180 valence electrons. The van der Waals surface area contributed by atoms with Gasteiger partial charge in [0.05, 0.1) is 24.2 Å². The summed E-state index contributed by atoms with van der Waals surface area (Å²) in [5, 5.41) is 0.654. The minimum absolute atomic E-state index is 0.0797. The zero-order valence-corrected chi connectivity index (χ0v) is 21.4. The molecule has 6 heteroatoms. The first-order chi connectivity index (χ1) is 16.9. The highest BCUT2D eigenvalue weighted by atomic mass is 35.5. The SMILES string of the molecule is COc1ccc(-n2c(C3CCCCN3C(=O)c3c(C)cc(C)cc3C)nc3ccc(Cl)cc32)cc1. The maximum atomic E-state index is 14.0. The molecule has 1 aromatic heterocycles. The van der Waals surface area contributed by atoms with Gasteiger partial charge >= 0.3 is 0 Å². The largest absolute Gasteiger partial charge is 0.497 e. The lowest BCUT2D eigenvalue weighted by atomic mass is 9.95. The van der Waals surface area contributed by atoms with Crippen LogP contribution in [0.3, 0.4) is 0 Å². The number of nitrogens with zero attached hydrogens (tertiary/aromatic N) is 3. The zero-order chi connectivity index (χ0) is 24.7. The number of ether oxygens (including phenoxy) is 1. The first-order valence-electron chi connectivity index (χ1n) is 12.1. The Balaban J connectivity index is 1.66. The van der Waals surface area contributed by atoms with Crippen LogP contribution in [0.5, 0.6) is 5.75 Å². The summed E-state index contributed by atoms with van der Waals surface area (Å²) in [6.45, 7) is 6.84. The van der Waals surface area contributed by atoms with Gasteiger partial charge in [-0.1, -0.05) is 29.3 Å². The van der Waals surface area contributed by atoms with E-state index in [0.717, 1.165) is 64.2 Å². The summed E-state index contributed by atoms with van der Waals surface area (Å²) >= 11 is 6.40. The van der Waals surface area contributed by atoms with Crippen LogP contribution in [-0.4, -0.2) is 34.0 Å². The van der Waals surface area contributed by atoms with Crippen LogP contribution in [0.4, 0.5) is 0 Å². The molecule has 1 aliphatic heterocycles. The van der Waals surface area contributed by atoms with Crippen molar-refractivity contribution in [3.05, 3.63) is 87.7 Å². The van der Waals surface area contributed by atoms with Crippen LogP contribution >= 0.6 is 11.6 Å². The van der Waals surface area contributed by atoms with E-state index in [0.29, 0.717) is 11.6 Å². The molecule has 1 unspecified atom stereocenters. The van der Waals surface area contributed by atoms with Crippen LogP contribution in [0.25, 0.3) is 16.7 Å². The molecule has 1 aliphatic rings. The fourth-order valence-electron chi connectivity index (χ4n) is 5.40. The quantitative estimate of drug-likeness (QED) is 0.312. The second kappa shape index (κ2) is 9.38. The molecule has 5 nitrogen and oxygen atoms in total. The van der Waals surface area contributed by atoms with Crippen molar-refractivity contribution in [2.24, 2.45) is 0 Å². The number of carbonyl (C=O) groups is 1. The fraction of sp³-hybridized carbons (Fsp3) is 0.310. The number of piperidine rings is 1. The standard InChI is InChI=1S/C29H30ClN3O2/c1-18-15-19(2)27(20(3)16-18)29(34)32-14-6-5-7-25(32)28-31-24-13-8-21(30)17-26(24)33(28)22-9-11-23(35-4)12-10-22/h8-13,15-17,25H,5-7,14H2,1-4H3. The number of hydrogen-bond donors (Lipinski definition) is 0. The van der Waals surface area contributed by atoms with E-state index in [4.69, 9.17) is 21.3 Å². The number of likely N-dealkylation sites (tertiary alicyclic amines) is 1. The van der Waals surface area contributed by atoms with Gasteiger partial charge in [-0.2, -0.15) is 0 Å². The van der Waals surface area contributed by atoms with Gasteiger partial charge in [-0.3, -0.25) is 9.36 Å². The Morgan fingerprint density at radius 2 is 1.71 bits per heavy atom. The van der Waals surface area contributed by atoms with E-state index in [-0.39, 0.29) is 11.9 Å².